The Morgan fingerprint density at radius 1 is 1.15 bits per heavy atom. The maximum atomic E-state index is 11.5. The lowest BCUT2D eigenvalue weighted by Gasteiger charge is -2.01. The van der Waals surface area contributed by atoms with Crippen molar-refractivity contribution in [2.75, 3.05) is 7.11 Å². The molecule has 1 aromatic heterocycles. The summed E-state index contributed by atoms with van der Waals surface area (Å²) in [6.07, 6.45) is 1.53. The number of aromatic nitrogens is 2. The molecule has 0 aliphatic heterocycles. The summed E-state index contributed by atoms with van der Waals surface area (Å²) in [6, 6.07) is 13.9. The number of carbonyl (C=O) groups is 1. The minimum Gasteiger partial charge on any atom is -0.497 e. The summed E-state index contributed by atoms with van der Waals surface area (Å²) in [7, 11) is 1.57. The van der Waals surface area contributed by atoms with Crippen molar-refractivity contribution in [2.24, 2.45) is 0 Å². The number of aliphatic carboxylic acids is 1. The van der Waals surface area contributed by atoms with Crippen molar-refractivity contribution in [1.82, 2.24) is 10.2 Å². The number of hydrogen-bond acceptors (Lipinski definition) is 6. The van der Waals surface area contributed by atoms with Crippen LogP contribution in [-0.4, -0.2) is 28.4 Å². The van der Waals surface area contributed by atoms with Gasteiger partial charge in [-0.05, 0) is 59.8 Å². The van der Waals surface area contributed by atoms with Crippen molar-refractivity contribution in [1.29, 1.82) is 0 Å². The Morgan fingerprint density at radius 3 is 2.46 bits per heavy atom. The van der Waals surface area contributed by atoms with E-state index in [9.17, 15) is 9.90 Å². The number of halogens is 1. The van der Waals surface area contributed by atoms with Crippen LogP contribution in [0.25, 0.3) is 17.5 Å². The Labute approximate surface area is 158 Å². The number of ether oxygens (including phenoxy) is 1. The largest absolute Gasteiger partial charge is 0.497 e. The minimum atomic E-state index is -1.09. The second kappa shape index (κ2) is 8.07. The van der Waals surface area contributed by atoms with E-state index in [0.717, 1.165) is 11.8 Å². The van der Waals surface area contributed by atoms with E-state index in [1.165, 1.54) is 6.08 Å². The first kappa shape index (κ1) is 18.0. The van der Waals surface area contributed by atoms with Crippen LogP contribution in [0.1, 0.15) is 5.56 Å². The average molecular weight is 389 g/mol. The van der Waals surface area contributed by atoms with Crippen LogP contribution < -0.4 is 4.74 Å². The van der Waals surface area contributed by atoms with Crippen molar-refractivity contribution in [3.8, 4) is 17.2 Å². The van der Waals surface area contributed by atoms with Gasteiger partial charge in [-0.3, -0.25) is 0 Å². The van der Waals surface area contributed by atoms with E-state index in [1.807, 2.05) is 0 Å². The standard InChI is InChI=1S/C18H13ClN2O4S/c1-24-14-8-2-11(3-9-14)10-15(17(22)23)26-18-21-20-16(25-18)12-4-6-13(19)7-5-12/h2-10H,1H3,(H,22,23). The maximum Gasteiger partial charge on any atom is 0.342 e. The molecular formula is C18H13ClN2O4S. The van der Waals surface area contributed by atoms with E-state index in [-0.39, 0.29) is 10.1 Å². The Kier molecular flexibility index (Phi) is 5.60. The van der Waals surface area contributed by atoms with E-state index in [0.29, 0.717) is 27.8 Å². The highest BCUT2D eigenvalue weighted by Gasteiger charge is 2.16. The second-order valence-corrected chi connectivity index (χ2v) is 6.50. The monoisotopic (exact) mass is 388 g/mol. The smallest absolute Gasteiger partial charge is 0.342 e. The first-order valence-electron chi connectivity index (χ1n) is 7.41. The van der Waals surface area contributed by atoms with Crippen molar-refractivity contribution >= 4 is 35.4 Å². The van der Waals surface area contributed by atoms with Gasteiger partial charge in [-0.1, -0.05) is 23.7 Å². The van der Waals surface area contributed by atoms with Gasteiger partial charge in [0, 0.05) is 10.6 Å². The van der Waals surface area contributed by atoms with Gasteiger partial charge in [0.15, 0.2) is 0 Å². The number of benzene rings is 2. The third-order valence-electron chi connectivity index (χ3n) is 3.32. The zero-order chi connectivity index (χ0) is 18.5. The summed E-state index contributed by atoms with van der Waals surface area (Å²) in [5.41, 5.74) is 1.41. The van der Waals surface area contributed by atoms with E-state index >= 15 is 0 Å². The Balaban J connectivity index is 1.81. The molecule has 0 atom stereocenters. The Morgan fingerprint density at radius 2 is 1.85 bits per heavy atom. The number of thioether (sulfide) groups is 1. The molecule has 1 heterocycles. The zero-order valence-electron chi connectivity index (χ0n) is 13.5. The molecule has 0 unspecified atom stereocenters. The van der Waals surface area contributed by atoms with Crippen LogP contribution in [0.3, 0.4) is 0 Å². The summed E-state index contributed by atoms with van der Waals surface area (Å²) in [6.45, 7) is 0. The van der Waals surface area contributed by atoms with E-state index in [2.05, 4.69) is 10.2 Å². The quantitative estimate of drug-likeness (QED) is 0.487. The second-order valence-electron chi connectivity index (χ2n) is 5.07. The van der Waals surface area contributed by atoms with Crippen molar-refractivity contribution in [3.05, 3.63) is 64.0 Å². The Bertz CT molecular complexity index is 937. The molecule has 3 aromatic rings. The molecule has 132 valence electrons. The zero-order valence-corrected chi connectivity index (χ0v) is 15.1. The Hall–Kier alpha value is -2.77. The molecule has 0 fully saturated rings. The molecule has 8 heteroatoms. The van der Waals surface area contributed by atoms with Crippen LogP contribution in [-0.2, 0) is 4.79 Å². The predicted molar refractivity (Wildman–Crippen MR) is 99.2 cm³/mol. The predicted octanol–water partition coefficient (Wildman–Crippen LogP) is 4.62. The number of carboxylic acids is 1. The van der Waals surface area contributed by atoms with Crippen LogP contribution in [0.4, 0.5) is 0 Å². The minimum absolute atomic E-state index is 0.0569. The van der Waals surface area contributed by atoms with E-state index in [1.54, 1.807) is 55.6 Å². The lowest BCUT2D eigenvalue weighted by atomic mass is 10.2. The van der Waals surface area contributed by atoms with E-state index < -0.39 is 5.97 Å². The van der Waals surface area contributed by atoms with Gasteiger partial charge in [0.1, 0.15) is 10.7 Å². The topological polar surface area (TPSA) is 85.5 Å². The molecule has 6 nitrogen and oxygen atoms in total. The molecule has 0 saturated heterocycles. The van der Waals surface area contributed by atoms with Gasteiger partial charge in [0.05, 0.1) is 7.11 Å². The van der Waals surface area contributed by atoms with Gasteiger partial charge in [0.2, 0.25) is 5.89 Å². The summed E-state index contributed by atoms with van der Waals surface area (Å²) < 4.78 is 10.6. The average Bonchev–Trinajstić information content (AvgIpc) is 3.11. The fourth-order valence-electron chi connectivity index (χ4n) is 2.04. The third kappa shape index (κ3) is 4.44. The maximum absolute atomic E-state index is 11.5. The molecule has 0 saturated carbocycles. The molecule has 0 spiro atoms. The lowest BCUT2D eigenvalue weighted by molar-refractivity contribution is -0.131. The molecule has 0 amide bonds. The summed E-state index contributed by atoms with van der Waals surface area (Å²) in [4.78, 5) is 11.6. The van der Waals surface area contributed by atoms with Gasteiger partial charge < -0.3 is 14.3 Å². The fraction of sp³-hybridized carbons (Fsp3) is 0.0556. The van der Waals surface area contributed by atoms with E-state index in [4.69, 9.17) is 20.8 Å². The van der Waals surface area contributed by atoms with Gasteiger partial charge >= 0.3 is 5.97 Å². The van der Waals surface area contributed by atoms with Crippen molar-refractivity contribution in [3.63, 3.8) is 0 Å². The van der Waals surface area contributed by atoms with Crippen LogP contribution in [0.15, 0.2) is 63.1 Å². The van der Waals surface area contributed by atoms with Gasteiger partial charge in [-0.25, -0.2) is 4.79 Å². The number of rotatable bonds is 6. The SMILES string of the molecule is COc1ccc(C=C(Sc2nnc(-c3ccc(Cl)cc3)o2)C(=O)O)cc1. The first-order chi connectivity index (χ1) is 12.5. The molecule has 0 aliphatic carbocycles. The first-order valence-corrected chi connectivity index (χ1v) is 8.61. The molecule has 1 N–H and O–H groups in total. The van der Waals surface area contributed by atoms with Crippen LogP contribution in [0, 0.1) is 0 Å². The molecular weight excluding hydrogens is 376 g/mol. The normalized spacial score (nSPS) is 11.4. The number of nitrogens with zero attached hydrogens (tertiary/aromatic N) is 2. The molecule has 26 heavy (non-hydrogen) atoms. The van der Waals surface area contributed by atoms with Crippen LogP contribution in [0.5, 0.6) is 5.75 Å². The van der Waals surface area contributed by atoms with Crippen molar-refractivity contribution < 1.29 is 19.1 Å². The lowest BCUT2D eigenvalue weighted by Crippen LogP contribution is -1.96. The van der Waals surface area contributed by atoms with Crippen molar-refractivity contribution in [2.45, 2.75) is 5.22 Å². The third-order valence-corrected chi connectivity index (χ3v) is 4.42. The summed E-state index contributed by atoms with van der Waals surface area (Å²) >= 11 is 6.74. The van der Waals surface area contributed by atoms with Crippen LogP contribution in [0.2, 0.25) is 5.02 Å². The number of carboxylic acid groups (broad SMARTS) is 1. The molecule has 2 aromatic carbocycles. The summed E-state index contributed by atoms with van der Waals surface area (Å²) in [5, 5.41) is 18.0. The highest BCUT2D eigenvalue weighted by molar-refractivity contribution is 8.03. The molecule has 0 aliphatic rings. The fourth-order valence-corrected chi connectivity index (χ4v) is 2.84. The number of hydrogen-bond donors (Lipinski definition) is 1. The van der Waals surface area contributed by atoms with Gasteiger partial charge in [0.25, 0.3) is 5.22 Å². The summed E-state index contributed by atoms with van der Waals surface area (Å²) in [5.74, 6) is -0.105. The highest BCUT2D eigenvalue weighted by atomic mass is 35.5. The highest BCUT2D eigenvalue weighted by Crippen LogP contribution is 2.30. The molecule has 0 radical (unpaired) electrons. The number of methoxy groups -OCH3 is 1. The molecule has 0 bridgehead atoms. The van der Waals surface area contributed by atoms with Crippen LogP contribution >= 0.6 is 23.4 Å². The molecule has 3 rings (SSSR count). The van der Waals surface area contributed by atoms with Gasteiger partial charge in [-0.15, -0.1) is 10.2 Å². The van der Waals surface area contributed by atoms with Gasteiger partial charge in [-0.2, -0.15) is 0 Å².